The molecule has 6 nitrogen and oxygen atoms in total. The average Bonchev–Trinajstić information content (AvgIpc) is 3.48. The summed E-state index contributed by atoms with van der Waals surface area (Å²) in [5.74, 6) is -0.332. The van der Waals surface area contributed by atoms with Crippen LogP contribution in [0.25, 0.3) is 10.9 Å². The van der Waals surface area contributed by atoms with Crippen LogP contribution in [0.4, 0.5) is 4.79 Å². The van der Waals surface area contributed by atoms with Crippen LogP contribution < -0.4 is 5.32 Å². The van der Waals surface area contributed by atoms with Crippen molar-refractivity contribution in [2.24, 2.45) is 0 Å². The fourth-order valence-corrected chi connectivity index (χ4v) is 4.80. The number of fused-ring (bicyclic) bond motifs is 1. The number of nitrogens with one attached hydrogen (secondary N) is 2. The molecule has 2 heterocycles. The predicted molar refractivity (Wildman–Crippen MR) is 131 cm³/mol. The van der Waals surface area contributed by atoms with E-state index in [4.69, 9.17) is 0 Å². The number of aromatic nitrogens is 1. The molecule has 0 saturated carbocycles. The second-order valence-electron chi connectivity index (χ2n) is 8.42. The number of H-pyrrole nitrogens is 1. The zero-order valence-electron chi connectivity index (χ0n) is 18.6. The zero-order valence-corrected chi connectivity index (χ0v) is 19.4. The Bertz CT molecular complexity index is 1240. The first kappa shape index (κ1) is 22.6. The molecule has 4 aromatic rings. The molecule has 0 aliphatic rings. The molecule has 33 heavy (non-hydrogen) atoms. The minimum Gasteiger partial charge on any atom is -0.465 e. The van der Waals surface area contributed by atoms with Gasteiger partial charge in [-0.15, -0.1) is 0 Å². The van der Waals surface area contributed by atoms with E-state index in [1.165, 1.54) is 16.2 Å². The number of carbonyl (C=O) groups excluding carboxylic acids is 1. The Hall–Kier alpha value is -3.58. The highest BCUT2D eigenvalue weighted by Crippen LogP contribution is 2.29. The maximum Gasteiger partial charge on any atom is 0.408 e. The zero-order chi connectivity index (χ0) is 23.4. The Morgan fingerprint density at radius 1 is 1.12 bits per heavy atom. The summed E-state index contributed by atoms with van der Waals surface area (Å²) in [5.41, 5.74) is 2.33. The van der Waals surface area contributed by atoms with E-state index in [1.807, 2.05) is 84.5 Å². The number of para-hydroxylation sites is 1. The predicted octanol–water partition coefficient (Wildman–Crippen LogP) is 5.59. The Kier molecular flexibility index (Phi) is 6.51. The molecule has 0 aliphatic carbocycles. The minimum atomic E-state index is -1.33. The fraction of sp³-hybridized carbons (Fsp3) is 0.231. The van der Waals surface area contributed by atoms with Gasteiger partial charge in [0.05, 0.1) is 12.6 Å². The molecular formula is C26H27N3O3S. The van der Waals surface area contributed by atoms with Crippen LogP contribution in [0.3, 0.4) is 0 Å². The van der Waals surface area contributed by atoms with Gasteiger partial charge in [-0.25, -0.2) is 4.79 Å². The Morgan fingerprint density at radius 2 is 1.85 bits per heavy atom. The van der Waals surface area contributed by atoms with Gasteiger partial charge in [0.25, 0.3) is 0 Å². The van der Waals surface area contributed by atoms with E-state index in [1.54, 1.807) is 6.92 Å². The number of carbonyl (C=O) groups is 2. The van der Waals surface area contributed by atoms with Crippen LogP contribution in [0, 0.1) is 0 Å². The SMILES string of the molecule is C[C@@H](NC(=O)[C@](C)(Cc1c[nH]c2ccccc12)N(Cc1ccsc1)C(=O)O)c1ccccc1. The van der Waals surface area contributed by atoms with Crippen LogP contribution in [-0.4, -0.2) is 32.5 Å². The molecule has 0 saturated heterocycles. The third-order valence-electron chi connectivity index (χ3n) is 6.09. The lowest BCUT2D eigenvalue weighted by molar-refractivity contribution is -0.132. The number of nitrogens with zero attached hydrogens (tertiary/aromatic N) is 1. The molecule has 170 valence electrons. The largest absolute Gasteiger partial charge is 0.465 e. The molecule has 0 radical (unpaired) electrons. The van der Waals surface area contributed by atoms with E-state index in [0.29, 0.717) is 0 Å². The van der Waals surface area contributed by atoms with Gasteiger partial charge in [0.2, 0.25) is 5.91 Å². The smallest absolute Gasteiger partial charge is 0.408 e. The van der Waals surface area contributed by atoms with Gasteiger partial charge in [0.1, 0.15) is 5.54 Å². The number of rotatable bonds is 8. The third kappa shape index (κ3) is 4.78. The molecule has 0 aliphatic heterocycles. The first-order valence-corrected chi connectivity index (χ1v) is 11.8. The summed E-state index contributed by atoms with van der Waals surface area (Å²) >= 11 is 1.50. The molecular weight excluding hydrogens is 434 g/mol. The van der Waals surface area contributed by atoms with Crippen molar-refractivity contribution in [1.29, 1.82) is 0 Å². The summed E-state index contributed by atoms with van der Waals surface area (Å²) in [5, 5.41) is 18.0. The molecule has 2 atom stereocenters. The van der Waals surface area contributed by atoms with Crippen LogP contribution in [0.5, 0.6) is 0 Å². The van der Waals surface area contributed by atoms with Crippen molar-refractivity contribution in [2.45, 2.75) is 38.4 Å². The first-order chi connectivity index (χ1) is 15.9. The van der Waals surface area contributed by atoms with Crippen LogP contribution >= 0.6 is 11.3 Å². The van der Waals surface area contributed by atoms with E-state index < -0.39 is 11.6 Å². The van der Waals surface area contributed by atoms with Crippen molar-refractivity contribution < 1.29 is 14.7 Å². The minimum absolute atomic E-state index is 0.130. The normalized spacial score (nSPS) is 13.9. The van der Waals surface area contributed by atoms with E-state index in [-0.39, 0.29) is 24.9 Å². The summed E-state index contributed by atoms with van der Waals surface area (Å²) in [4.78, 5) is 30.7. The summed E-state index contributed by atoms with van der Waals surface area (Å²) < 4.78 is 0. The van der Waals surface area contributed by atoms with E-state index in [2.05, 4.69) is 10.3 Å². The average molecular weight is 462 g/mol. The van der Waals surface area contributed by atoms with Gasteiger partial charge in [0.15, 0.2) is 0 Å². The van der Waals surface area contributed by atoms with Crippen molar-refractivity contribution in [2.75, 3.05) is 0 Å². The molecule has 2 aromatic carbocycles. The standard InChI is InChI=1S/C26H27N3O3S/c1-18(20-8-4-3-5-9-20)28-24(30)26(2,29(25(31)32)16-19-12-13-33-17-19)14-21-15-27-23-11-7-6-10-22(21)23/h3-13,15,17-18,27H,14,16H2,1-2H3,(H,28,30)(H,31,32)/t18-,26+/m1/s1. The monoisotopic (exact) mass is 461 g/mol. The van der Waals surface area contributed by atoms with Gasteiger partial charge >= 0.3 is 6.09 Å². The summed E-state index contributed by atoms with van der Waals surface area (Å²) in [7, 11) is 0. The van der Waals surface area contributed by atoms with E-state index >= 15 is 0 Å². The summed E-state index contributed by atoms with van der Waals surface area (Å²) in [6, 6.07) is 19.1. The number of amides is 2. The van der Waals surface area contributed by atoms with Crippen LogP contribution in [0.1, 0.15) is 36.6 Å². The van der Waals surface area contributed by atoms with Crippen molar-refractivity contribution in [3.05, 3.63) is 94.3 Å². The number of hydrogen-bond acceptors (Lipinski definition) is 3. The maximum atomic E-state index is 13.8. The van der Waals surface area contributed by atoms with Gasteiger partial charge < -0.3 is 15.4 Å². The highest BCUT2D eigenvalue weighted by Gasteiger charge is 2.43. The van der Waals surface area contributed by atoms with Gasteiger partial charge in [-0.1, -0.05) is 48.5 Å². The van der Waals surface area contributed by atoms with Gasteiger partial charge in [-0.3, -0.25) is 9.69 Å². The van der Waals surface area contributed by atoms with Crippen molar-refractivity contribution >= 4 is 34.2 Å². The maximum absolute atomic E-state index is 13.8. The van der Waals surface area contributed by atoms with Crippen molar-refractivity contribution in [3.63, 3.8) is 0 Å². The number of benzene rings is 2. The number of carboxylic acid groups (broad SMARTS) is 1. The summed E-state index contributed by atoms with van der Waals surface area (Å²) in [6.45, 7) is 3.75. The van der Waals surface area contributed by atoms with Crippen LogP contribution in [0.2, 0.25) is 0 Å². The molecule has 0 unspecified atom stereocenters. The quantitative estimate of drug-likeness (QED) is 0.320. The molecule has 0 spiro atoms. The van der Waals surface area contributed by atoms with Crippen LogP contribution in [-0.2, 0) is 17.8 Å². The third-order valence-corrected chi connectivity index (χ3v) is 6.83. The molecule has 2 aromatic heterocycles. The fourth-order valence-electron chi connectivity index (χ4n) is 4.14. The molecule has 7 heteroatoms. The topological polar surface area (TPSA) is 85.4 Å². The van der Waals surface area contributed by atoms with Crippen molar-refractivity contribution in [3.8, 4) is 0 Å². The highest BCUT2D eigenvalue weighted by atomic mass is 32.1. The summed E-state index contributed by atoms with van der Waals surface area (Å²) in [6.07, 6.45) is 0.966. The second-order valence-corrected chi connectivity index (χ2v) is 9.20. The Morgan fingerprint density at radius 3 is 2.55 bits per heavy atom. The molecule has 2 amide bonds. The Labute approximate surface area is 196 Å². The van der Waals surface area contributed by atoms with Crippen LogP contribution in [0.15, 0.2) is 77.6 Å². The van der Waals surface area contributed by atoms with E-state index in [0.717, 1.165) is 27.6 Å². The second kappa shape index (κ2) is 9.50. The molecule has 3 N–H and O–H groups in total. The lowest BCUT2D eigenvalue weighted by Gasteiger charge is -2.39. The van der Waals surface area contributed by atoms with E-state index in [9.17, 15) is 14.7 Å². The van der Waals surface area contributed by atoms with Crippen molar-refractivity contribution in [1.82, 2.24) is 15.2 Å². The van der Waals surface area contributed by atoms with Gasteiger partial charge in [-0.2, -0.15) is 11.3 Å². The molecule has 0 fully saturated rings. The molecule has 4 rings (SSSR count). The van der Waals surface area contributed by atoms with Gasteiger partial charge in [-0.05, 0) is 53.4 Å². The highest BCUT2D eigenvalue weighted by molar-refractivity contribution is 7.07. The number of hydrogen-bond donors (Lipinski definition) is 3. The lowest BCUT2D eigenvalue weighted by atomic mass is 9.88. The van der Waals surface area contributed by atoms with Gasteiger partial charge in [0, 0.05) is 23.5 Å². The number of thiophene rings is 1. The first-order valence-electron chi connectivity index (χ1n) is 10.8. The number of aromatic amines is 1. The lowest BCUT2D eigenvalue weighted by Crippen LogP contribution is -2.59. The molecule has 0 bridgehead atoms. The Balaban J connectivity index is 1.71.